The van der Waals surface area contributed by atoms with Gasteiger partial charge in [0.25, 0.3) is 0 Å². The van der Waals surface area contributed by atoms with Crippen LogP contribution in [-0.2, 0) is 11.2 Å². The molecular formula is C13H15NO6. The van der Waals surface area contributed by atoms with Crippen molar-refractivity contribution in [3.05, 3.63) is 28.2 Å². The lowest BCUT2D eigenvalue weighted by Gasteiger charge is -2.12. The second-order valence-electron chi connectivity index (χ2n) is 4.01. The van der Waals surface area contributed by atoms with Gasteiger partial charge in [-0.3, -0.25) is 9.59 Å². The molecule has 108 valence electrons. The monoisotopic (exact) mass is 281 g/mol. The highest BCUT2D eigenvalue weighted by atomic mass is 16.5. The Morgan fingerprint density at radius 2 is 1.80 bits per heavy atom. The summed E-state index contributed by atoms with van der Waals surface area (Å²) in [6, 6.07) is 2.93. The third kappa shape index (κ3) is 3.78. The molecule has 7 heteroatoms. The fraction of sp³-hybridized carbons (Fsp3) is 0.385. The number of carboxylic acids is 1. The van der Waals surface area contributed by atoms with Gasteiger partial charge >= 0.3 is 11.9 Å². The molecule has 1 aromatic rings. The number of aliphatic carboxylic acids is 1. The molecule has 0 aliphatic rings. The van der Waals surface area contributed by atoms with Crippen molar-refractivity contribution in [1.82, 2.24) is 0 Å². The summed E-state index contributed by atoms with van der Waals surface area (Å²) < 4.78 is 10.2. The molecule has 0 aliphatic carbocycles. The normalized spacial score (nSPS) is 9.90. The highest BCUT2D eigenvalue weighted by Crippen LogP contribution is 2.31. The van der Waals surface area contributed by atoms with Gasteiger partial charge in [-0.15, -0.1) is 4.91 Å². The molecule has 0 bridgehead atoms. The Morgan fingerprint density at radius 1 is 1.20 bits per heavy atom. The van der Waals surface area contributed by atoms with E-state index >= 15 is 0 Å². The number of carbonyl (C=O) groups is 2. The lowest BCUT2D eigenvalue weighted by molar-refractivity contribution is -0.137. The number of aryl methyl sites for hydroxylation is 1. The van der Waals surface area contributed by atoms with Crippen LogP contribution in [0.25, 0.3) is 0 Å². The molecule has 1 aromatic carbocycles. The first-order valence-corrected chi connectivity index (χ1v) is 5.87. The van der Waals surface area contributed by atoms with Crippen molar-refractivity contribution < 1.29 is 24.2 Å². The molecular weight excluding hydrogens is 266 g/mol. The number of benzene rings is 1. The Labute approximate surface area is 115 Å². The number of methoxy groups -OCH3 is 2. The van der Waals surface area contributed by atoms with Crippen LogP contribution in [0.3, 0.4) is 0 Å². The number of hydrogen-bond donors (Lipinski definition) is 1. The smallest absolute Gasteiger partial charge is 0.317 e. The van der Waals surface area contributed by atoms with Crippen LogP contribution in [0.2, 0.25) is 0 Å². The molecule has 0 fully saturated rings. The van der Waals surface area contributed by atoms with Gasteiger partial charge in [0, 0.05) is 11.6 Å². The minimum atomic E-state index is -0.924. The van der Waals surface area contributed by atoms with E-state index in [9.17, 15) is 14.5 Å². The summed E-state index contributed by atoms with van der Waals surface area (Å²) in [5.74, 6) is -1.13. The number of rotatable bonds is 7. The molecule has 0 saturated heterocycles. The van der Waals surface area contributed by atoms with Crippen molar-refractivity contribution >= 4 is 11.9 Å². The average molecular weight is 281 g/mol. The van der Waals surface area contributed by atoms with Gasteiger partial charge in [-0.1, -0.05) is 0 Å². The number of ether oxygens (including phenoxy) is 2. The van der Waals surface area contributed by atoms with Crippen LogP contribution in [0.15, 0.2) is 17.3 Å². The summed E-state index contributed by atoms with van der Waals surface area (Å²) in [5, 5.41) is 11.0. The van der Waals surface area contributed by atoms with Gasteiger partial charge in [0.15, 0.2) is 11.5 Å². The SMILES string of the molecule is COc1cc(CCCC(=O)O)c(C(=O)N=O)cc1OC. The predicted molar refractivity (Wildman–Crippen MR) is 70.2 cm³/mol. The topological polar surface area (TPSA) is 102 Å². The van der Waals surface area contributed by atoms with Crippen molar-refractivity contribution in [1.29, 1.82) is 0 Å². The highest BCUT2D eigenvalue weighted by molar-refractivity contribution is 5.97. The number of amides is 1. The molecule has 20 heavy (non-hydrogen) atoms. The summed E-state index contributed by atoms with van der Waals surface area (Å²) in [7, 11) is 2.85. The number of nitroso groups, excluding NO2 is 1. The lowest BCUT2D eigenvalue weighted by atomic mass is 10.0. The first-order valence-electron chi connectivity index (χ1n) is 5.87. The summed E-state index contributed by atoms with van der Waals surface area (Å²) >= 11 is 0. The van der Waals surface area contributed by atoms with Gasteiger partial charge in [-0.25, -0.2) is 0 Å². The molecule has 0 unspecified atom stereocenters. The molecule has 1 amide bonds. The molecule has 0 radical (unpaired) electrons. The predicted octanol–water partition coefficient (Wildman–Crippen LogP) is 2.02. The largest absolute Gasteiger partial charge is 0.493 e. The maximum absolute atomic E-state index is 11.5. The van der Waals surface area contributed by atoms with Crippen molar-refractivity contribution in [3.63, 3.8) is 0 Å². The Kier molecular flexibility index (Phi) is 5.64. The Morgan fingerprint density at radius 3 is 2.30 bits per heavy atom. The summed E-state index contributed by atoms with van der Waals surface area (Å²) in [6.07, 6.45) is 0.629. The third-order valence-corrected chi connectivity index (χ3v) is 2.76. The van der Waals surface area contributed by atoms with Gasteiger partial charge in [0.2, 0.25) is 0 Å². The lowest BCUT2D eigenvalue weighted by Crippen LogP contribution is -2.04. The molecule has 0 aliphatic heterocycles. The van der Waals surface area contributed by atoms with E-state index in [2.05, 4.69) is 5.18 Å². The Bertz CT molecular complexity index is 526. The maximum Gasteiger partial charge on any atom is 0.317 e. The minimum Gasteiger partial charge on any atom is -0.493 e. The van der Waals surface area contributed by atoms with Gasteiger partial charge in [0.1, 0.15) is 0 Å². The van der Waals surface area contributed by atoms with Crippen molar-refractivity contribution in [2.75, 3.05) is 14.2 Å². The number of nitrogens with zero attached hydrogens (tertiary/aromatic N) is 1. The molecule has 0 atom stereocenters. The highest BCUT2D eigenvalue weighted by Gasteiger charge is 2.17. The fourth-order valence-corrected chi connectivity index (χ4v) is 1.81. The molecule has 7 nitrogen and oxygen atoms in total. The Balaban J connectivity index is 3.13. The summed E-state index contributed by atoms with van der Waals surface area (Å²) in [6.45, 7) is 0. The quantitative estimate of drug-likeness (QED) is 0.767. The van der Waals surface area contributed by atoms with Crippen LogP contribution in [0, 0.1) is 4.91 Å². The molecule has 0 spiro atoms. The standard InChI is InChI=1S/C13H15NO6/c1-19-10-6-8(4-3-5-12(15)16)9(13(17)14-18)7-11(10)20-2/h6-7H,3-5H2,1-2H3,(H,15,16). The zero-order valence-corrected chi connectivity index (χ0v) is 11.2. The number of carboxylic acid groups (broad SMARTS) is 1. The van der Waals surface area contributed by atoms with E-state index in [1.54, 1.807) is 6.07 Å². The zero-order chi connectivity index (χ0) is 15.1. The van der Waals surface area contributed by atoms with E-state index < -0.39 is 11.9 Å². The summed E-state index contributed by atoms with van der Waals surface area (Å²) in [5.41, 5.74) is 0.608. The van der Waals surface area contributed by atoms with E-state index in [0.29, 0.717) is 29.9 Å². The van der Waals surface area contributed by atoms with Crippen LogP contribution in [0.5, 0.6) is 11.5 Å². The molecule has 1 rings (SSSR count). The first kappa shape index (κ1) is 15.6. The number of hydrogen-bond acceptors (Lipinski definition) is 5. The van der Waals surface area contributed by atoms with Crippen LogP contribution in [-0.4, -0.2) is 31.2 Å². The van der Waals surface area contributed by atoms with Crippen molar-refractivity contribution in [2.45, 2.75) is 19.3 Å². The molecule has 0 heterocycles. The third-order valence-electron chi connectivity index (χ3n) is 2.76. The van der Waals surface area contributed by atoms with E-state index in [1.807, 2.05) is 0 Å². The zero-order valence-electron chi connectivity index (χ0n) is 11.2. The van der Waals surface area contributed by atoms with Crippen molar-refractivity contribution in [3.8, 4) is 11.5 Å². The Hall–Kier alpha value is -2.44. The first-order chi connectivity index (χ1) is 9.53. The van der Waals surface area contributed by atoms with Gasteiger partial charge in [0.05, 0.1) is 19.8 Å². The molecule has 0 saturated carbocycles. The van der Waals surface area contributed by atoms with Crippen LogP contribution < -0.4 is 9.47 Å². The second-order valence-corrected chi connectivity index (χ2v) is 4.01. The van der Waals surface area contributed by atoms with Crippen molar-refractivity contribution in [2.24, 2.45) is 5.18 Å². The second kappa shape index (κ2) is 7.22. The summed E-state index contributed by atoms with van der Waals surface area (Å²) in [4.78, 5) is 32.4. The fourth-order valence-electron chi connectivity index (χ4n) is 1.81. The van der Waals surface area contributed by atoms with Crippen LogP contribution in [0.1, 0.15) is 28.8 Å². The maximum atomic E-state index is 11.5. The minimum absolute atomic E-state index is 0.0313. The van der Waals surface area contributed by atoms with E-state index in [4.69, 9.17) is 14.6 Å². The van der Waals surface area contributed by atoms with E-state index in [1.165, 1.54) is 20.3 Å². The molecule has 0 aromatic heterocycles. The van der Waals surface area contributed by atoms with Crippen LogP contribution in [0.4, 0.5) is 0 Å². The van der Waals surface area contributed by atoms with E-state index in [-0.39, 0.29) is 12.0 Å². The van der Waals surface area contributed by atoms with E-state index in [0.717, 1.165) is 0 Å². The molecule has 1 N–H and O–H groups in total. The van der Waals surface area contributed by atoms with Gasteiger partial charge in [-0.2, -0.15) is 0 Å². The number of carbonyl (C=O) groups excluding carboxylic acids is 1. The van der Waals surface area contributed by atoms with Crippen LogP contribution >= 0.6 is 0 Å². The van der Waals surface area contributed by atoms with Gasteiger partial charge in [-0.05, 0) is 30.5 Å². The van der Waals surface area contributed by atoms with Gasteiger partial charge < -0.3 is 14.6 Å². The average Bonchev–Trinajstić information content (AvgIpc) is 2.45.